The summed E-state index contributed by atoms with van der Waals surface area (Å²) in [4.78, 5) is 23.9. The van der Waals surface area contributed by atoms with Gasteiger partial charge in [0.2, 0.25) is 0 Å². The highest BCUT2D eigenvalue weighted by Gasteiger charge is 2.18. The van der Waals surface area contributed by atoms with Gasteiger partial charge in [0.25, 0.3) is 0 Å². The first-order valence-electron chi connectivity index (χ1n) is 11.3. The van der Waals surface area contributed by atoms with Crippen molar-refractivity contribution in [3.05, 3.63) is 35.4 Å². The summed E-state index contributed by atoms with van der Waals surface area (Å²) in [6.07, 6.45) is 5.81. The number of unbranched alkanes of at least 4 members (excludes halogenated alkanes) is 3. The van der Waals surface area contributed by atoms with Crippen LogP contribution in [0.2, 0.25) is 0 Å². The van der Waals surface area contributed by atoms with Gasteiger partial charge in [-0.05, 0) is 31.4 Å². The Morgan fingerprint density at radius 3 is 1.52 bits per heavy atom. The number of carbonyl (C=O) groups excluding carboxylic acids is 2. The Labute approximate surface area is 187 Å². The number of ether oxygens (including phenoxy) is 4. The van der Waals surface area contributed by atoms with Crippen LogP contribution in [0.3, 0.4) is 0 Å². The predicted octanol–water partition coefficient (Wildman–Crippen LogP) is 4.41. The number of rotatable bonds is 16. The van der Waals surface area contributed by atoms with E-state index in [4.69, 9.17) is 24.1 Å². The van der Waals surface area contributed by atoms with Crippen LogP contribution in [0.15, 0.2) is 24.3 Å². The zero-order chi connectivity index (χ0) is 23.2. The molecule has 31 heavy (non-hydrogen) atoms. The zero-order valence-corrected chi connectivity index (χ0v) is 19.4. The molecule has 1 aromatic rings. The molecule has 0 aliphatic heterocycles. The van der Waals surface area contributed by atoms with E-state index in [1.165, 1.54) is 0 Å². The lowest BCUT2D eigenvalue weighted by molar-refractivity contribution is 0.0324. The average Bonchev–Trinajstić information content (AvgIpc) is 2.79. The molecule has 1 aromatic carbocycles. The summed E-state index contributed by atoms with van der Waals surface area (Å²) in [6.45, 7) is 9.46. The highest BCUT2D eigenvalue weighted by molar-refractivity contribution is 6.03. The van der Waals surface area contributed by atoms with Crippen molar-refractivity contribution in [3.63, 3.8) is 0 Å². The Morgan fingerprint density at radius 1 is 0.677 bits per heavy atom. The van der Waals surface area contributed by atoms with Gasteiger partial charge in [0, 0.05) is 6.61 Å². The third-order valence-electron chi connectivity index (χ3n) is 4.08. The summed E-state index contributed by atoms with van der Waals surface area (Å²) in [5.41, 5.74) is 0.537. The Morgan fingerprint density at radius 2 is 1.10 bits per heavy atom. The van der Waals surface area contributed by atoms with E-state index in [0.29, 0.717) is 33.0 Å². The highest BCUT2D eigenvalue weighted by atomic mass is 16.5. The number of esters is 2. The van der Waals surface area contributed by atoms with Gasteiger partial charge < -0.3 is 24.1 Å². The van der Waals surface area contributed by atoms with Crippen LogP contribution in [0.1, 0.15) is 80.0 Å². The molecule has 0 unspecified atom stereocenters. The first kappa shape index (κ1) is 29.0. The maximum Gasteiger partial charge on any atom is 0.339 e. The van der Waals surface area contributed by atoms with Gasteiger partial charge in [-0.2, -0.15) is 0 Å². The summed E-state index contributed by atoms with van der Waals surface area (Å²) < 4.78 is 20.5. The number of aliphatic hydroxyl groups excluding tert-OH is 1. The summed E-state index contributed by atoms with van der Waals surface area (Å²) in [6, 6.07) is 6.59. The zero-order valence-electron chi connectivity index (χ0n) is 19.4. The minimum atomic E-state index is -0.471. The van der Waals surface area contributed by atoms with Crippen molar-refractivity contribution in [2.75, 3.05) is 46.2 Å². The molecule has 0 saturated carbocycles. The molecule has 0 aliphatic rings. The summed E-state index contributed by atoms with van der Waals surface area (Å²) >= 11 is 0. The minimum absolute atomic E-state index is 0.0922. The van der Waals surface area contributed by atoms with Crippen LogP contribution in [0.25, 0.3) is 0 Å². The molecule has 1 rings (SSSR count). The van der Waals surface area contributed by atoms with Crippen LogP contribution in [-0.2, 0) is 18.9 Å². The van der Waals surface area contributed by atoms with Crippen LogP contribution < -0.4 is 0 Å². The number of hydrogen-bond donors (Lipinski definition) is 1. The van der Waals surface area contributed by atoms with Crippen LogP contribution in [-0.4, -0.2) is 63.3 Å². The lowest BCUT2D eigenvalue weighted by Gasteiger charge is -2.09. The third-order valence-corrected chi connectivity index (χ3v) is 4.08. The molecule has 0 amide bonds. The average molecular weight is 441 g/mol. The summed E-state index contributed by atoms with van der Waals surface area (Å²) in [5, 5.41) is 8.34. The van der Waals surface area contributed by atoms with Gasteiger partial charge in [-0.25, -0.2) is 9.59 Å². The normalized spacial score (nSPS) is 10.2. The Bertz CT molecular complexity index is 526. The molecular weight excluding hydrogens is 400 g/mol. The maximum absolute atomic E-state index is 11.9. The largest absolute Gasteiger partial charge is 0.462 e. The topological polar surface area (TPSA) is 91.3 Å². The van der Waals surface area contributed by atoms with Crippen molar-refractivity contribution in [1.82, 2.24) is 0 Å². The van der Waals surface area contributed by atoms with Gasteiger partial charge in [-0.3, -0.25) is 0 Å². The van der Waals surface area contributed by atoms with Crippen LogP contribution in [0.4, 0.5) is 0 Å². The lowest BCUT2D eigenvalue weighted by Crippen LogP contribution is -2.14. The van der Waals surface area contributed by atoms with Gasteiger partial charge >= 0.3 is 11.9 Å². The smallest absolute Gasteiger partial charge is 0.339 e. The molecule has 0 atom stereocenters. The van der Waals surface area contributed by atoms with Crippen molar-refractivity contribution < 1.29 is 33.6 Å². The first-order valence-corrected chi connectivity index (χ1v) is 11.3. The molecule has 0 heterocycles. The second-order valence-corrected chi connectivity index (χ2v) is 6.83. The van der Waals surface area contributed by atoms with Gasteiger partial charge in [-0.1, -0.05) is 52.2 Å². The fourth-order valence-electron chi connectivity index (χ4n) is 2.25. The quantitative estimate of drug-likeness (QED) is 0.301. The number of benzene rings is 1. The Hall–Kier alpha value is -1.96. The molecule has 0 radical (unpaired) electrons. The molecule has 7 nitrogen and oxygen atoms in total. The van der Waals surface area contributed by atoms with Crippen molar-refractivity contribution in [1.29, 1.82) is 0 Å². The van der Waals surface area contributed by atoms with Crippen molar-refractivity contribution in [3.8, 4) is 0 Å². The Balaban J connectivity index is 0.000000695. The fraction of sp³-hybridized carbons (Fsp3) is 0.667. The van der Waals surface area contributed by atoms with E-state index >= 15 is 0 Å². The molecule has 0 saturated heterocycles. The van der Waals surface area contributed by atoms with Gasteiger partial charge in [0.05, 0.1) is 50.8 Å². The van der Waals surface area contributed by atoms with E-state index in [1.54, 1.807) is 24.3 Å². The van der Waals surface area contributed by atoms with Crippen LogP contribution in [0, 0.1) is 0 Å². The van der Waals surface area contributed by atoms with E-state index in [0.717, 1.165) is 45.1 Å². The number of carbonyl (C=O) groups is 2. The number of aliphatic hydroxyl groups is 1. The molecule has 1 N–H and O–H groups in total. The maximum atomic E-state index is 11.9. The van der Waals surface area contributed by atoms with Crippen molar-refractivity contribution in [2.45, 2.75) is 59.3 Å². The summed E-state index contributed by atoms with van der Waals surface area (Å²) in [7, 11) is 0. The van der Waals surface area contributed by atoms with Crippen LogP contribution in [0.5, 0.6) is 0 Å². The Kier molecular flexibility index (Phi) is 19.9. The second kappa shape index (κ2) is 21.3. The molecule has 7 heteroatoms. The molecule has 0 bridgehead atoms. The van der Waals surface area contributed by atoms with E-state index in [-0.39, 0.29) is 17.7 Å². The van der Waals surface area contributed by atoms with E-state index in [9.17, 15) is 9.59 Å². The van der Waals surface area contributed by atoms with Gasteiger partial charge in [0.1, 0.15) is 0 Å². The SMILES string of the molecule is CCCCOC(=O)c1ccccc1C(=O)OCCCC.CCCCOCCOCCO. The molecule has 0 spiro atoms. The molecule has 178 valence electrons. The van der Waals surface area contributed by atoms with E-state index in [2.05, 4.69) is 6.92 Å². The van der Waals surface area contributed by atoms with Gasteiger partial charge in [-0.15, -0.1) is 0 Å². The van der Waals surface area contributed by atoms with Gasteiger partial charge in [0.15, 0.2) is 0 Å². The predicted molar refractivity (Wildman–Crippen MR) is 120 cm³/mol. The van der Waals surface area contributed by atoms with Crippen molar-refractivity contribution >= 4 is 11.9 Å². The molecular formula is C24H40O7. The van der Waals surface area contributed by atoms with E-state index < -0.39 is 11.9 Å². The third kappa shape index (κ3) is 15.5. The molecule has 0 fully saturated rings. The second-order valence-electron chi connectivity index (χ2n) is 6.83. The van der Waals surface area contributed by atoms with Crippen LogP contribution >= 0.6 is 0 Å². The monoisotopic (exact) mass is 440 g/mol. The first-order chi connectivity index (χ1) is 15.1. The number of hydrogen-bond acceptors (Lipinski definition) is 7. The standard InChI is InChI=1S/C16H22O4.C8H18O3/c1-3-5-11-19-15(17)13-9-7-8-10-14(13)16(18)20-12-6-4-2;1-2-3-5-10-7-8-11-6-4-9/h7-10H,3-6,11-12H2,1-2H3;9H,2-8H2,1H3. The molecule has 0 aromatic heterocycles. The van der Waals surface area contributed by atoms with E-state index in [1.807, 2.05) is 13.8 Å². The minimum Gasteiger partial charge on any atom is -0.462 e. The molecule has 0 aliphatic carbocycles. The van der Waals surface area contributed by atoms with Crippen molar-refractivity contribution in [2.24, 2.45) is 0 Å². The summed E-state index contributed by atoms with van der Waals surface area (Å²) in [5.74, 6) is -0.942. The highest BCUT2D eigenvalue weighted by Crippen LogP contribution is 2.12. The fourth-order valence-corrected chi connectivity index (χ4v) is 2.25. The lowest BCUT2D eigenvalue weighted by atomic mass is 10.1.